The highest BCUT2D eigenvalue weighted by Gasteiger charge is 2.23. The average molecular weight is 1080 g/mol. The minimum Gasteiger partial charge on any atom is -0.481 e. The number of aliphatic carboxylic acids is 1. The number of ether oxygens (including phenoxy) is 2. The number of hydrogen-bond donors (Lipinski definition) is 9. The van der Waals surface area contributed by atoms with E-state index >= 15 is 0 Å². The summed E-state index contributed by atoms with van der Waals surface area (Å²) in [5, 5.41) is 28.1. The first kappa shape index (κ1) is 62.2. The first-order valence-corrected chi connectivity index (χ1v) is 25.3. The van der Waals surface area contributed by atoms with Gasteiger partial charge >= 0.3 is 30.0 Å². The predicted molar refractivity (Wildman–Crippen MR) is 307 cm³/mol. The van der Waals surface area contributed by atoms with E-state index < -0.39 is 30.0 Å². The van der Waals surface area contributed by atoms with E-state index in [1.165, 1.54) is 14.2 Å². The van der Waals surface area contributed by atoms with Gasteiger partial charge < -0.3 is 57.5 Å². The molecule has 7 amide bonds. The maximum absolute atomic E-state index is 12.9. The Bertz CT molecular complexity index is 3000. The van der Waals surface area contributed by atoms with Crippen LogP contribution in [0.25, 0.3) is 0 Å². The van der Waals surface area contributed by atoms with Gasteiger partial charge in [0, 0.05) is 34.1 Å². The highest BCUT2D eigenvalue weighted by Crippen LogP contribution is 2.19. The number of hydrogen-bond acceptors (Lipinski definition) is 11. The average Bonchev–Trinajstić information content (AvgIpc) is 3.41. The number of urea groups is 2. The molecule has 0 aliphatic rings. The third-order valence-electron chi connectivity index (χ3n) is 11.5. The molecule has 0 aromatic heterocycles. The largest absolute Gasteiger partial charge is 0.481 e. The zero-order valence-electron chi connectivity index (χ0n) is 45.6. The summed E-state index contributed by atoms with van der Waals surface area (Å²) in [7, 11) is 2.62. The van der Waals surface area contributed by atoms with E-state index in [-0.39, 0.29) is 48.5 Å². The second-order valence-electron chi connectivity index (χ2n) is 19.0. The number of esters is 2. The fourth-order valence-corrected chi connectivity index (χ4v) is 7.41. The summed E-state index contributed by atoms with van der Waals surface area (Å²) in [5.74, 6) is -2.09. The molecule has 0 fully saturated rings. The zero-order chi connectivity index (χ0) is 58.0. The van der Waals surface area contributed by atoms with Crippen LogP contribution >= 0.6 is 0 Å². The molecular formula is C60H70N8O11. The zero-order valence-corrected chi connectivity index (χ0v) is 45.6. The van der Waals surface area contributed by atoms with Crippen molar-refractivity contribution in [2.75, 3.05) is 46.1 Å². The number of anilines is 6. The van der Waals surface area contributed by atoms with Gasteiger partial charge in [-0.1, -0.05) is 88.4 Å². The number of nitrogens with two attached hydrogens (primary N) is 1. The van der Waals surface area contributed by atoms with Crippen molar-refractivity contribution in [1.82, 2.24) is 5.32 Å². The minimum absolute atomic E-state index is 0.0321. The third-order valence-corrected chi connectivity index (χ3v) is 11.5. The molecule has 6 aromatic carbocycles. The summed E-state index contributed by atoms with van der Waals surface area (Å²) in [4.78, 5) is 95.2. The first-order valence-electron chi connectivity index (χ1n) is 25.3. The molecule has 10 N–H and O–H groups in total. The Morgan fingerprint density at radius 2 is 0.835 bits per heavy atom. The van der Waals surface area contributed by atoms with E-state index in [0.29, 0.717) is 58.2 Å². The Kier molecular flexibility index (Phi) is 24.9. The summed E-state index contributed by atoms with van der Waals surface area (Å²) < 4.78 is 9.28. The van der Waals surface area contributed by atoms with Crippen LogP contribution in [0.15, 0.2) is 146 Å². The summed E-state index contributed by atoms with van der Waals surface area (Å²) in [6.07, 6.45) is 1.13. The Morgan fingerprint density at radius 3 is 1.22 bits per heavy atom. The summed E-state index contributed by atoms with van der Waals surface area (Å²) >= 11 is 0. The molecule has 19 heteroatoms. The molecule has 19 nitrogen and oxygen atoms in total. The second-order valence-corrected chi connectivity index (χ2v) is 19.0. The van der Waals surface area contributed by atoms with Crippen LogP contribution in [0.3, 0.4) is 0 Å². The molecule has 0 aliphatic heterocycles. The standard InChI is InChI=1S/C30H34N4O5.C16H16N2O3.C14H20N2O3/c1-19(2)17-26(28(36)31-23-15-11-22(12-16-23)29(37)39-4)33-27(35)18-21-9-13-24(14-10-21)32-30(38)34-25-8-6-5-7-20(25)3;1-11-4-2-3-5-14(11)18-16(21)17-13-8-6-12(7-9-13)10-15(19)20;1-9(2)8-12(15)13(17)16-11-6-4-10(5-7-11)14(18)19-3/h5-16,19,26H,17-18H2,1-4H3,(H,31,36)(H,33,35)(H2,32,34,38);2-9H,10H2,1H3,(H,19,20)(H2,17,18,21);4-7,9,12H,8,15H2,1-3H3,(H,16,17)/t26-;;12-/m0.0/s1. The maximum Gasteiger partial charge on any atom is 0.337 e. The molecule has 0 bridgehead atoms. The number of carbonyl (C=O) groups is 8. The van der Waals surface area contributed by atoms with Crippen molar-refractivity contribution in [3.05, 3.63) is 179 Å². The van der Waals surface area contributed by atoms with E-state index in [4.69, 9.17) is 10.8 Å². The van der Waals surface area contributed by atoms with Gasteiger partial charge in [0.15, 0.2) is 0 Å². The van der Waals surface area contributed by atoms with Gasteiger partial charge in [0.05, 0.1) is 44.2 Å². The van der Waals surface area contributed by atoms with Crippen LogP contribution in [0.5, 0.6) is 0 Å². The number of rotatable bonds is 19. The molecule has 0 radical (unpaired) electrons. The lowest BCUT2D eigenvalue weighted by atomic mass is 10.0. The van der Waals surface area contributed by atoms with Crippen LogP contribution in [-0.4, -0.2) is 79.1 Å². The highest BCUT2D eigenvalue weighted by atomic mass is 16.5. The highest BCUT2D eigenvalue weighted by molar-refractivity contribution is 6.02. The SMILES string of the molecule is COC(=O)c1ccc(NC(=O)[C@@H](N)CC(C)C)cc1.COC(=O)c1ccc(NC(=O)[C@H](CC(C)C)NC(=O)Cc2ccc(NC(=O)Nc3ccccc3C)cc2)cc1.Cc1ccccc1NC(=O)Nc1ccc(CC(=O)O)cc1. The van der Waals surface area contributed by atoms with Gasteiger partial charge in [-0.25, -0.2) is 19.2 Å². The fourth-order valence-electron chi connectivity index (χ4n) is 7.41. The normalized spacial score (nSPS) is 11.1. The van der Waals surface area contributed by atoms with Crippen molar-refractivity contribution in [3.63, 3.8) is 0 Å². The molecule has 79 heavy (non-hydrogen) atoms. The number of methoxy groups -OCH3 is 2. The van der Waals surface area contributed by atoms with E-state index in [9.17, 15) is 38.4 Å². The molecule has 0 unspecified atom stereocenters. The molecular weight excluding hydrogens is 1010 g/mol. The number of benzene rings is 6. The molecule has 6 aromatic rings. The van der Waals surface area contributed by atoms with Gasteiger partial charge in [-0.15, -0.1) is 0 Å². The second kappa shape index (κ2) is 31.6. The Morgan fingerprint density at radius 1 is 0.468 bits per heavy atom. The number of nitrogens with one attached hydrogen (secondary N) is 7. The van der Waals surface area contributed by atoms with Crippen LogP contribution in [0.2, 0.25) is 0 Å². The van der Waals surface area contributed by atoms with Gasteiger partial charge in [-0.2, -0.15) is 0 Å². The number of carboxylic acids is 1. The topological polar surface area (TPSA) is 285 Å². The summed E-state index contributed by atoms with van der Waals surface area (Å²) in [6, 6.07) is 39.5. The van der Waals surface area contributed by atoms with E-state index in [1.54, 1.807) is 97.1 Å². The molecule has 416 valence electrons. The number of amides is 7. The van der Waals surface area contributed by atoms with Crippen LogP contribution < -0.4 is 43.0 Å². The smallest absolute Gasteiger partial charge is 0.337 e. The molecule has 0 spiro atoms. The lowest BCUT2D eigenvalue weighted by molar-refractivity contribution is -0.136. The molecule has 0 heterocycles. The van der Waals surface area contributed by atoms with Crippen molar-refractivity contribution in [2.45, 2.75) is 79.3 Å². The molecule has 0 aliphatic carbocycles. The van der Waals surface area contributed by atoms with Crippen molar-refractivity contribution in [1.29, 1.82) is 0 Å². The fraction of sp³-hybridized carbons (Fsp3) is 0.267. The Hall–Kier alpha value is -9.36. The van der Waals surface area contributed by atoms with E-state index in [1.807, 2.05) is 90.1 Å². The minimum atomic E-state index is -0.881. The number of carboxylic acid groups (broad SMARTS) is 1. The van der Waals surface area contributed by atoms with Gasteiger partial charge in [0.2, 0.25) is 17.7 Å². The van der Waals surface area contributed by atoms with Crippen LogP contribution in [0.4, 0.5) is 43.7 Å². The summed E-state index contributed by atoms with van der Waals surface area (Å²) in [5.41, 5.74) is 13.7. The Balaban J connectivity index is 0.000000282. The summed E-state index contributed by atoms with van der Waals surface area (Å²) in [6.45, 7) is 11.8. The van der Waals surface area contributed by atoms with Crippen LogP contribution in [0, 0.1) is 25.7 Å². The third kappa shape index (κ3) is 22.4. The number of para-hydroxylation sites is 2. The van der Waals surface area contributed by atoms with Crippen LogP contribution in [-0.2, 0) is 41.5 Å². The molecule has 0 saturated carbocycles. The van der Waals surface area contributed by atoms with Gasteiger partial charge in [-0.05, 0) is 146 Å². The Labute approximate surface area is 460 Å². The van der Waals surface area contributed by atoms with E-state index in [0.717, 1.165) is 28.1 Å². The maximum atomic E-state index is 12.9. The van der Waals surface area contributed by atoms with Gasteiger partial charge in [0.25, 0.3) is 0 Å². The van der Waals surface area contributed by atoms with Crippen molar-refractivity contribution in [3.8, 4) is 0 Å². The molecule has 0 saturated heterocycles. The van der Waals surface area contributed by atoms with Gasteiger partial charge in [-0.3, -0.25) is 19.2 Å². The lowest BCUT2D eigenvalue weighted by Crippen LogP contribution is -2.45. The van der Waals surface area contributed by atoms with Crippen molar-refractivity contribution in [2.24, 2.45) is 17.6 Å². The van der Waals surface area contributed by atoms with E-state index in [2.05, 4.69) is 46.7 Å². The van der Waals surface area contributed by atoms with Crippen LogP contribution in [0.1, 0.15) is 83.5 Å². The van der Waals surface area contributed by atoms with Gasteiger partial charge in [0.1, 0.15) is 6.04 Å². The monoisotopic (exact) mass is 1080 g/mol. The lowest BCUT2D eigenvalue weighted by Gasteiger charge is -2.20. The number of aryl methyl sites for hydroxylation is 2. The van der Waals surface area contributed by atoms with Crippen molar-refractivity contribution >= 4 is 81.8 Å². The number of carbonyl (C=O) groups excluding carboxylic acids is 7. The van der Waals surface area contributed by atoms with Crippen molar-refractivity contribution < 1.29 is 52.9 Å². The predicted octanol–water partition coefficient (Wildman–Crippen LogP) is 10.2. The molecule has 2 atom stereocenters. The first-order chi connectivity index (χ1) is 37.6. The quantitative estimate of drug-likeness (QED) is 0.0343. The molecule has 6 rings (SSSR count).